The van der Waals surface area contributed by atoms with Crippen LogP contribution in [0.1, 0.15) is 39.2 Å². The van der Waals surface area contributed by atoms with Crippen molar-refractivity contribution < 1.29 is 13.7 Å². The Morgan fingerprint density at radius 3 is 2.00 bits per heavy atom. The highest BCUT2D eigenvalue weighted by Gasteiger charge is 2.14. The maximum Gasteiger partial charge on any atom is 0.169 e. The van der Waals surface area contributed by atoms with E-state index >= 15 is 0 Å². The normalized spacial score (nSPS) is 13.2. The Morgan fingerprint density at radius 2 is 1.58 bits per heavy atom. The second-order valence-electron chi connectivity index (χ2n) is 4.58. The first-order valence-electron chi connectivity index (χ1n) is 6.80. The Bertz CT molecular complexity index is 381. The van der Waals surface area contributed by atoms with E-state index in [9.17, 15) is 4.21 Å². The highest BCUT2D eigenvalue weighted by atomic mass is 32.2. The van der Waals surface area contributed by atoms with E-state index < -0.39 is 10.8 Å². The lowest BCUT2D eigenvalue weighted by Crippen LogP contribution is -2.24. The monoisotopic (exact) mass is 284 g/mol. The van der Waals surface area contributed by atoms with Gasteiger partial charge >= 0.3 is 0 Å². The minimum Gasteiger partial charge on any atom is -0.352 e. The lowest BCUT2D eigenvalue weighted by Gasteiger charge is -2.16. The number of hydrogen-bond acceptors (Lipinski definition) is 3. The van der Waals surface area contributed by atoms with Gasteiger partial charge in [0.05, 0.1) is 16.6 Å². The van der Waals surface area contributed by atoms with Gasteiger partial charge in [-0.3, -0.25) is 4.21 Å². The zero-order valence-electron chi connectivity index (χ0n) is 12.2. The molecule has 1 rings (SSSR count). The van der Waals surface area contributed by atoms with Crippen molar-refractivity contribution in [2.24, 2.45) is 0 Å². The van der Waals surface area contributed by atoms with Crippen LogP contribution in [0.3, 0.4) is 0 Å². The summed E-state index contributed by atoms with van der Waals surface area (Å²) in [5.41, 5.74) is 1.26. The van der Waals surface area contributed by atoms with Crippen LogP contribution >= 0.6 is 0 Å². The van der Waals surface area contributed by atoms with Crippen LogP contribution in [0.25, 0.3) is 0 Å². The van der Waals surface area contributed by atoms with E-state index in [0.717, 1.165) is 4.90 Å². The van der Waals surface area contributed by atoms with Crippen LogP contribution in [0.5, 0.6) is 0 Å². The summed E-state index contributed by atoms with van der Waals surface area (Å²) in [7, 11) is -1.09. The molecule has 0 aliphatic rings. The van der Waals surface area contributed by atoms with Crippen LogP contribution in [0.15, 0.2) is 29.2 Å². The van der Waals surface area contributed by atoms with Crippen molar-refractivity contribution in [1.82, 2.24) is 0 Å². The molecule has 0 fully saturated rings. The Kier molecular flexibility index (Phi) is 7.28. The quantitative estimate of drug-likeness (QED) is 0.687. The fourth-order valence-corrected chi connectivity index (χ4v) is 2.81. The SMILES string of the molecule is CCOC(CS(=O)c1ccc(C(C)C)cc1)OCC. The molecule has 3 nitrogen and oxygen atoms in total. The van der Waals surface area contributed by atoms with Gasteiger partial charge < -0.3 is 9.47 Å². The summed E-state index contributed by atoms with van der Waals surface area (Å²) in [5.74, 6) is 0.866. The van der Waals surface area contributed by atoms with Gasteiger partial charge in [0.2, 0.25) is 0 Å². The standard InChI is InChI=1S/C15H24O3S/c1-5-17-15(18-6-2)11-19(16)14-9-7-13(8-10-14)12(3)4/h7-10,12,15H,5-6,11H2,1-4H3. The van der Waals surface area contributed by atoms with E-state index in [1.54, 1.807) is 0 Å². The Labute approximate surface area is 118 Å². The van der Waals surface area contributed by atoms with E-state index in [-0.39, 0.29) is 6.29 Å². The largest absolute Gasteiger partial charge is 0.352 e. The summed E-state index contributed by atoms with van der Waals surface area (Å²) >= 11 is 0. The van der Waals surface area contributed by atoms with Crippen LogP contribution < -0.4 is 0 Å². The number of hydrogen-bond donors (Lipinski definition) is 0. The first-order valence-corrected chi connectivity index (χ1v) is 8.11. The van der Waals surface area contributed by atoms with Crippen molar-refractivity contribution in [2.75, 3.05) is 19.0 Å². The summed E-state index contributed by atoms with van der Waals surface area (Å²) in [6.07, 6.45) is -0.388. The molecule has 0 aliphatic heterocycles. The van der Waals surface area contributed by atoms with Crippen molar-refractivity contribution in [3.63, 3.8) is 0 Å². The van der Waals surface area contributed by atoms with Crippen molar-refractivity contribution in [2.45, 2.75) is 44.8 Å². The molecular formula is C15H24O3S. The molecule has 1 aromatic rings. The van der Waals surface area contributed by atoms with Gasteiger partial charge in [0, 0.05) is 18.1 Å². The van der Waals surface area contributed by atoms with Gasteiger partial charge in [0.15, 0.2) is 6.29 Å². The summed E-state index contributed by atoms with van der Waals surface area (Å²) in [6.45, 7) is 9.24. The highest BCUT2D eigenvalue weighted by Crippen LogP contribution is 2.17. The maximum absolute atomic E-state index is 12.2. The second kappa shape index (κ2) is 8.46. The second-order valence-corrected chi connectivity index (χ2v) is 6.07. The van der Waals surface area contributed by atoms with Crippen LogP contribution in [-0.2, 0) is 20.3 Å². The molecule has 0 aromatic heterocycles. The molecule has 1 atom stereocenters. The molecule has 0 saturated carbocycles. The van der Waals surface area contributed by atoms with E-state index in [1.807, 2.05) is 38.1 Å². The first-order chi connectivity index (χ1) is 9.08. The average Bonchev–Trinajstić information content (AvgIpc) is 2.39. The van der Waals surface area contributed by atoms with Crippen LogP contribution in [-0.4, -0.2) is 29.5 Å². The number of rotatable bonds is 8. The molecule has 0 heterocycles. The third-order valence-corrected chi connectivity index (χ3v) is 4.18. The third-order valence-electron chi connectivity index (χ3n) is 2.80. The lowest BCUT2D eigenvalue weighted by molar-refractivity contribution is -0.120. The molecule has 0 saturated heterocycles. The fraction of sp³-hybridized carbons (Fsp3) is 0.600. The Morgan fingerprint density at radius 1 is 1.05 bits per heavy atom. The van der Waals surface area contributed by atoms with E-state index in [0.29, 0.717) is 24.9 Å². The summed E-state index contributed by atoms with van der Waals surface area (Å²) in [4.78, 5) is 0.828. The van der Waals surface area contributed by atoms with Gasteiger partial charge in [0.25, 0.3) is 0 Å². The third kappa shape index (κ3) is 5.43. The van der Waals surface area contributed by atoms with Gasteiger partial charge in [-0.2, -0.15) is 0 Å². The van der Waals surface area contributed by atoms with Gasteiger partial charge in [-0.25, -0.2) is 0 Å². The first kappa shape index (κ1) is 16.3. The lowest BCUT2D eigenvalue weighted by atomic mass is 10.0. The maximum atomic E-state index is 12.2. The predicted molar refractivity (Wildman–Crippen MR) is 78.8 cm³/mol. The van der Waals surface area contributed by atoms with Gasteiger partial charge in [0.1, 0.15) is 0 Å². The van der Waals surface area contributed by atoms with Crippen molar-refractivity contribution >= 4 is 10.8 Å². The van der Waals surface area contributed by atoms with E-state index in [2.05, 4.69) is 13.8 Å². The molecule has 1 unspecified atom stereocenters. The zero-order chi connectivity index (χ0) is 14.3. The smallest absolute Gasteiger partial charge is 0.169 e. The minimum absolute atomic E-state index is 0.378. The zero-order valence-corrected chi connectivity index (χ0v) is 13.0. The molecular weight excluding hydrogens is 260 g/mol. The van der Waals surface area contributed by atoms with Gasteiger partial charge in [-0.05, 0) is 37.5 Å². The van der Waals surface area contributed by atoms with Gasteiger partial charge in [-0.15, -0.1) is 0 Å². The van der Waals surface area contributed by atoms with Gasteiger partial charge in [-0.1, -0.05) is 26.0 Å². The average molecular weight is 284 g/mol. The minimum atomic E-state index is -1.09. The van der Waals surface area contributed by atoms with Crippen LogP contribution in [0, 0.1) is 0 Å². The molecule has 0 N–H and O–H groups in total. The molecule has 1 aromatic carbocycles. The molecule has 0 aliphatic carbocycles. The predicted octanol–water partition coefficient (Wildman–Crippen LogP) is 3.32. The van der Waals surface area contributed by atoms with Crippen molar-refractivity contribution in [3.05, 3.63) is 29.8 Å². The molecule has 0 amide bonds. The summed E-state index contributed by atoms with van der Waals surface area (Å²) < 4.78 is 23.1. The molecule has 19 heavy (non-hydrogen) atoms. The van der Waals surface area contributed by atoms with E-state index in [1.165, 1.54) is 5.56 Å². The molecule has 108 valence electrons. The molecule has 0 bridgehead atoms. The summed E-state index contributed by atoms with van der Waals surface area (Å²) in [5, 5.41) is 0. The van der Waals surface area contributed by atoms with E-state index in [4.69, 9.17) is 9.47 Å². The Hall–Kier alpha value is -0.710. The molecule has 0 spiro atoms. The van der Waals surface area contributed by atoms with Crippen LogP contribution in [0.4, 0.5) is 0 Å². The topological polar surface area (TPSA) is 35.5 Å². The number of benzene rings is 1. The van der Waals surface area contributed by atoms with Crippen molar-refractivity contribution in [1.29, 1.82) is 0 Å². The highest BCUT2D eigenvalue weighted by molar-refractivity contribution is 7.85. The molecule has 4 heteroatoms. The van der Waals surface area contributed by atoms with Crippen LogP contribution in [0.2, 0.25) is 0 Å². The number of ether oxygens (including phenoxy) is 2. The fourth-order valence-electron chi connectivity index (χ4n) is 1.74. The van der Waals surface area contributed by atoms with Crippen molar-refractivity contribution in [3.8, 4) is 0 Å². The summed E-state index contributed by atoms with van der Waals surface area (Å²) in [6, 6.07) is 7.93. The Balaban J connectivity index is 2.65. The molecule has 0 radical (unpaired) electrons.